The molecule has 1 fully saturated rings. The van der Waals surface area contributed by atoms with Crippen molar-refractivity contribution in [2.45, 2.75) is 13.3 Å². The number of nitrogens with one attached hydrogen (secondary N) is 1. The summed E-state index contributed by atoms with van der Waals surface area (Å²) in [6, 6.07) is 15.8. The third kappa shape index (κ3) is 3.92. The van der Waals surface area contributed by atoms with E-state index in [9.17, 15) is 4.79 Å². The van der Waals surface area contributed by atoms with Crippen molar-refractivity contribution in [3.63, 3.8) is 0 Å². The van der Waals surface area contributed by atoms with Crippen LogP contribution in [0.3, 0.4) is 0 Å². The molecule has 0 aliphatic carbocycles. The number of amidine groups is 1. The van der Waals surface area contributed by atoms with Crippen molar-refractivity contribution in [2.24, 2.45) is 4.99 Å². The Balaban J connectivity index is 1.84. The Morgan fingerprint density at radius 3 is 2.65 bits per heavy atom. The van der Waals surface area contributed by atoms with E-state index in [-0.39, 0.29) is 5.91 Å². The number of nitrogens with zero attached hydrogens (tertiary/aromatic N) is 1. The zero-order chi connectivity index (χ0) is 16.2. The molecule has 1 aliphatic heterocycles. The molecule has 116 valence electrons. The summed E-state index contributed by atoms with van der Waals surface area (Å²) in [4.78, 5) is 17.3. The Kier molecular flexibility index (Phi) is 4.98. The van der Waals surface area contributed by atoms with Gasteiger partial charge in [0.1, 0.15) is 0 Å². The van der Waals surface area contributed by atoms with Crippen LogP contribution in [0.1, 0.15) is 18.1 Å². The lowest BCUT2D eigenvalue weighted by Crippen LogP contribution is -2.19. The minimum atomic E-state index is -0.106. The van der Waals surface area contributed by atoms with E-state index in [0.29, 0.717) is 10.1 Å². The van der Waals surface area contributed by atoms with E-state index in [2.05, 4.69) is 39.2 Å². The summed E-state index contributed by atoms with van der Waals surface area (Å²) < 4.78 is 1.02. The van der Waals surface area contributed by atoms with Crippen molar-refractivity contribution in [1.82, 2.24) is 5.32 Å². The average Bonchev–Trinajstić information content (AvgIpc) is 2.89. The molecule has 23 heavy (non-hydrogen) atoms. The molecule has 1 heterocycles. The first-order valence-corrected chi connectivity index (χ1v) is 8.89. The van der Waals surface area contributed by atoms with Crippen LogP contribution in [0.2, 0.25) is 0 Å². The first kappa shape index (κ1) is 16.0. The van der Waals surface area contributed by atoms with Crippen LogP contribution in [-0.4, -0.2) is 11.1 Å². The third-order valence-electron chi connectivity index (χ3n) is 3.41. The van der Waals surface area contributed by atoms with Crippen LogP contribution in [0.5, 0.6) is 0 Å². The number of thioether (sulfide) groups is 1. The largest absolute Gasteiger partial charge is 0.300 e. The molecule has 0 saturated carbocycles. The van der Waals surface area contributed by atoms with Crippen molar-refractivity contribution >= 4 is 50.5 Å². The van der Waals surface area contributed by atoms with Gasteiger partial charge in [-0.3, -0.25) is 4.79 Å². The molecule has 3 nitrogen and oxygen atoms in total. The summed E-state index contributed by atoms with van der Waals surface area (Å²) in [5, 5.41) is 3.46. The number of rotatable bonds is 3. The van der Waals surface area contributed by atoms with E-state index >= 15 is 0 Å². The fourth-order valence-electron chi connectivity index (χ4n) is 2.22. The maximum absolute atomic E-state index is 12.1. The lowest BCUT2D eigenvalue weighted by Gasteiger charge is -2.02. The number of benzene rings is 2. The van der Waals surface area contributed by atoms with Crippen LogP contribution < -0.4 is 5.32 Å². The molecule has 3 rings (SSSR count). The topological polar surface area (TPSA) is 41.5 Å². The summed E-state index contributed by atoms with van der Waals surface area (Å²) in [5.74, 6) is -0.106. The second-order valence-corrected chi connectivity index (χ2v) is 6.96. The average molecular weight is 387 g/mol. The van der Waals surface area contributed by atoms with E-state index in [1.165, 1.54) is 17.3 Å². The van der Waals surface area contributed by atoms with Crippen molar-refractivity contribution in [1.29, 1.82) is 0 Å². The van der Waals surface area contributed by atoms with E-state index in [4.69, 9.17) is 0 Å². The molecule has 2 aromatic rings. The van der Waals surface area contributed by atoms with Crippen LogP contribution >= 0.6 is 27.7 Å². The molecule has 1 aliphatic rings. The van der Waals surface area contributed by atoms with Gasteiger partial charge in [-0.05, 0) is 53.6 Å². The number of amides is 1. The number of aryl methyl sites for hydroxylation is 1. The molecular weight excluding hydrogens is 372 g/mol. The molecule has 1 saturated heterocycles. The summed E-state index contributed by atoms with van der Waals surface area (Å²) in [7, 11) is 0. The molecule has 0 atom stereocenters. The Morgan fingerprint density at radius 2 is 1.91 bits per heavy atom. The summed E-state index contributed by atoms with van der Waals surface area (Å²) >= 11 is 4.78. The molecule has 0 aromatic heterocycles. The van der Waals surface area contributed by atoms with Crippen LogP contribution in [0.4, 0.5) is 5.69 Å². The molecule has 1 N–H and O–H groups in total. The van der Waals surface area contributed by atoms with E-state index in [1.807, 2.05) is 48.5 Å². The highest BCUT2D eigenvalue weighted by Crippen LogP contribution is 2.29. The van der Waals surface area contributed by atoms with E-state index in [0.717, 1.165) is 22.1 Å². The minimum Gasteiger partial charge on any atom is -0.300 e. The number of halogens is 1. The Morgan fingerprint density at radius 1 is 1.17 bits per heavy atom. The minimum absolute atomic E-state index is 0.106. The Labute approximate surface area is 148 Å². The second kappa shape index (κ2) is 7.15. The first-order chi connectivity index (χ1) is 11.2. The van der Waals surface area contributed by atoms with Crippen LogP contribution in [0.25, 0.3) is 6.08 Å². The van der Waals surface area contributed by atoms with Gasteiger partial charge in [-0.2, -0.15) is 0 Å². The first-order valence-electron chi connectivity index (χ1n) is 7.29. The van der Waals surface area contributed by atoms with Crippen LogP contribution in [0.15, 0.2) is 62.9 Å². The van der Waals surface area contributed by atoms with Gasteiger partial charge in [-0.15, -0.1) is 0 Å². The van der Waals surface area contributed by atoms with Gasteiger partial charge in [0.25, 0.3) is 5.91 Å². The number of hydrogen-bond donors (Lipinski definition) is 1. The Bertz CT molecular complexity index is 797. The normalized spacial score (nSPS) is 17.7. The highest BCUT2D eigenvalue weighted by molar-refractivity contribution is 9.10. The molecule has 0 bridgehead atoms. The predicted molar refractivity (Wildman–Crippen MR) is 101 cm³/mol. The van der Waals surface area contributed by atoms with Crippen molar-refractivity contribution in [3.05, 3.63) is 69.0 Å². The number of carbonyl (C=O) groups excluding carboxylic acids is 1. The number of hydrogen-bond acceptors (Lipinski definition) is 3. The van der Waals surface area contributed by atoms with Gasteiger partial charge in [0, 0.05) is 4.47 Å². The fourth-order valence-corrected chi connectivity index (χ4v) is 3.32. The standard InChI is InChI=1S/C18H15BrN2OS/c1-2-13-5-3-4-6-15(13)20-18-21-17(22)16(23-18)11-12-7-9-14(19)10-8-12/h3-11H,2H2,1H3,(H,20,21,22). The van der Waals surface area contributed by atoms with Gasteiger partial charge in [-0.1, -0.05) is 53.2 Å². The third-order valence-corrected chi connectivity index (χ3v) is 4.85. The smallest absolute Gasteiger partial charge is 0.264 e. The maximum atomic E-state index is 12.1. The van der Waals surface area contributed by atoms with Crippen molar-refractivity contribution in [3.8, 4) is 0 Å². The highest BCUT2D eigenvalue weighted by atomic mass is 79.9. The fraction of sp³-hybridized carbons (Fsp3) is 0.111. The van der Waals surface area contributed by atoms with Gasteiger partial charge in [0.2, 0.25) is 0 Å². The maximum Gasteiger partial charge on any atom is 0.264 e. The number of carbonyl (C=O) groups is 1. The van der Waals surface area contributed by atoms with Crippen molar-refractivity contribution < 1.29 is 4.79 Å². The molecule has 0 radical (unpaired) electrons. The monoisotopic (exact) mass is 386 g/mol. The summed E-state index contributed by atoms with van der Waals surface area (Å²) in [5.41, 5.74) is 3.06. The quantitative estimate of drug-likeness (QED) is 0.761. The molecule has 5 heteroatoms. The number of para-hydroxylation sites is 1. The Hall–Kier alpha value is -1.85. The van der Waals surface area contributed by atoms with Gasteiger partial charge in [-0.25, -0.2) is 4.99 Å². The van der Waals surface area contributed by atoms with Gasteiger partial charge >= 0.3 is 0 Å². The zero-order valence-corrected chi connectivity index (χ0v) is 14.9. The summed E-state index contributed by atoms with van der Waals surface area (Å²) in [6.45, 7) is 2.10. The molecular formula is C18H15BrN2OS. The second-order valence-electron chi connectivity index (χ2n) is 5.02. The molecule has 0 unspecified atom stereocenters. The molecule has 1 amide bonds. The van der Waals surface area contributed by atoms with Crippen LogP contribution in [-0.2, 0) is 11.2 Å². The highest BCUT2D eigenvalue weighted by Gasteiger charge is 2.23. The van der Waals surface area contributed by atoms with Crippen molar-refractivity contribution in [2.75, 3.05) is 0 Å². The van der Waals surface area contributed by atoms with E-state index < -0.39 is 0 Å². The SMILES string of the molecule is CCc1ccccc1N=C1NC(=O)C(=Cc2ccc(Br)cc2)S1. The van der Waals surface area contributed by atoms with Crippen LogP contribution in [0, 0.1) is 0 Å². The molecule has 2 aromatic carbocycles. The number of aliphatic imine (C=N–C) groups is 1. The lowest BCUT2D eigenvalue weighted by atomic mass is 10.1. The van der Waals surface area contributed by atoms with Gasteiger partial charge < -0.3 is 5.32 Å². The van der Waals surface area contributed by atoms with E-state index in [1.54, 1.807) is 0 Å². The lowest BCUT2D eigenvalue weighted by molar-refractivity contribution is -0.115. The van der Waals surface area contributed by atoms with Gasteiger partial charge in [0.05, 0.1) is 10.6 Å². The predicted octanol–water partition coefficient (Wildman–Crippen LogP) is 4.90. The summed E-state index contributed by atoms with van der Waals surface area (Å²) in [6.07, 6.45) is 2.79. The molecule has 0 spiro atoms. The van der Waals surface area contributed by atoms with Gasteiger partial charge in [0.15, 0.2) is 5.17 Å². The zero-order valence-electron chi connectivity index (χ0n) is 12.5.